The van der Waals surface area contributed by atoms with E-state index in [1.54, 1.807) is 6.20 Å². The number of benzene rings is 1. The Labute approximate surface area is 117 Å². The number of hydrogen-bond acceptors (Lipinski definition) is 3. The van der Waals surface area contributed by atoms with Crippen molar-refractivity contribution < 1.29 is 0 Å². The van der Waals surface area contributed by atoms with Gasteiger partial charge in [0.15, 0.2) is 5.65 Å². The molecule has 1 aliphatic heterocycles. The van der Waals surface area contributed by atoms with Crippen LogP contribution in [0, 0.1) is 6.92 Å². The Balaban J connectivity index is 0.000000121. The number of nitrogens with one attached hydrogen (secondary N) is 1. The molecule has 0 bridgehead atoms. The molecule has 3 heterocycles. The number of aliphatic imine (C=N–C) groups is 1. The maximum Gasteiger partial charge on any atom is 0.177 e. The molecule has 1 aliphatic rings. The number of para-hydroxylation sites is 1. The Morgan fingerprint density at radius 1 is 1.05 bits per heavy atom. The van der Waals surface area contributed by atoms with E-state index in [4.69, 9.17) is 0 Å². The number of rotatable bonds is 0. The van der Waals surface area contributed by atoms with Crippen LogP contribution in [0.4, 0.5) is 5.69 Å². The van der Waals surface area contributed by atoms with E-state index in [0.717, 1.165) is 29.1 Å². The predicted molar refractivity (Wildman–Crippen MR) is 81.5 cm³/mol. The third kappa shape index (κ3) is 2.59. The highest BCUT2D eigenvalue weighted by Crippen LogP contribution is 2.25. The van der Waals surface area contributed by atoms with Gasteiger partial charge < -0.3 is 4.98 Å². The van der Waals surface area contributed by atoms with Gasteiger partial charge in [-0.1, -0.05) is 18.2 Å². The van der Waals surface area contributed by atoms with Crippen LogP contribution in [-0.2, 0) is 6.42 Å². The van der Waals surface area contributed by atoms with E-state index in [2.05, 4.69) is 45.1 Å². The van der Waals surface area contributed by atoms with Crippen molar-refractivity contribution in [3.63, 3.8) is 0 Å². The molecule has 2 aromatic heterocycles. The molecule has 0 radical (unpaired) electrons. The van der Waals surface area contributed by atoms with Crippen LogP contribution in [0.1, 0.15) is 18.3 Å². The summed E-state index contributed by atoms with van der Waals surface area (Å²) < 4.78 is 0. The monoisotopic (exact) mass is 264 g/mol. The number of hydrogen-bond donors (Lipinski definition) is 1. The Bertz CT molecular complexity index is 738. The zero-order valence-electron chi connectivity index (χ0n) is 11.6. The molecule has 4 nitrogen and oxygen atoms in total. The van der Waals surface area contributed by atoms with Crippen LogP contribution in [0.15, 0.2) is 47.6 Å². The maximum atomic E-state index is 4.37. The second-order valence-electron chi connectivity index (χ2n) is 4.85. The molecule has 100 valence electrons. The molecule has 20 heavy (non-hydrogen) atoms. The van der Waals surface area contributed by atoms with Crippen molar-refractivity contribution in [2.24, 2.45) is 4.99 Å². The van der Waals surface area contributed by atoms with Gasteiger partial charge in [-0.05, 0) is 37.6 Å². The van der Waals surface area contributed by atoms with Gasteiger partial charge in [-0.3, -0.25) is 4.99 Å². The fraction of sp³-hybridized carbons (Fsp3) is 0.188. The third-order valence-electron chi connectivity index (χ3n) is 3.13. The molecule has 0 atom stereocenters. The lowest BCUT2D eigenvalue weighted by atomic mass is 10.1. The first kappa shape index (κ1) is 12.5. The Morgan fingerprint density at radius 3 is 2.70 bits per heavy atom. The number of aromatic nitrogens is 3. The van der Waals surface area contributed by atoms with Crippen molar-refractivity contribution in [2.45, 2.75) is 20.3 Å². The molecule has 0 saturated heterocycles. The van der Waals surface area contributed by atoms with Gasteiger partial charge in [0.25, 0.3) is 0 Å². The van der Waals surface area contributed by atoms with Gasteiger partial charge in [-0.25, -0.2) is 9.97 Å². The zero-order valence-corrected chi connectivity index (χ0v) is 11.6. The Kier molecular flexibility index (Phi) is 3.29. The van der Waals surface area contributed by atoms with Gasteiger partial charge in [0, 0.05) is 18.3 Å². The number of fused-ring (bicyclic) bond motifs is 2. The normalized spacial score (nSPS) is 12.6. The molecule has 4 heteroatoms. The summed E-state index contributed by atoms with van der Waals surface area (Å²) in [6.07, 6.45) is 2.78. The van der Waals surface area contributed by atoms with Crippen molar-refractivity contribution in [3.8, 4) is 0 Å². The standard InChI is InChI=1S/C9H9N.C7H7N3/c1-7-6-8-4-2-3-5-9(8)10-7;1-5-9-6-3-2-4-8-7(6)10-5/h2-5H,6H2,1H3;2-4H,1H3,(H,8,9,10). The number of aryl methyl sites for hydroxylation is 1. The summed E-state index contributed by atoms with van der Waals surface area (Å²) in [6.45, 7) is 3.99. The second-order valence-corrected chi connectivity index (χ2v) is 4.85. The van der Waals surface area contributed by atoms with Gasteiger partial charge in [-0.2, -0.15) is 0 Å². The smallest absolute Gasteiger partial charge is 0.177 e. The van der Waals surface area contributed by atoms with E-state index in [-0.39, 0.29) is 0 Å². The van der Waals surface area contributed by atoms with Gasteiger partial charge in [0.1, 0.15) is 5.82 Å². The molecule has 0 spiro atoms. The summed E-state index contributed by atoms with van der Waals surface area (Å²) in [5.41, 5.74) is 5.53. The van der Waals surface area contributed by atoms with Crippen LogP contribution < -0.4 is 0 Å². The lowest BCUT2D eigenvalue weighted by Gasteiger charge is -1.91. The molecule has 0 amide bonds. The average Bonchev–Trinajstić information content (AvgIpc) is 2.99. The molecule has 0 aliphatic carbocycles. The fourth-order valence-corrected chi connectivity index (χ4v) is 2.26. The van der Waals surface area contributed by atoms with Crippen molar-refractivity contribution in [1.29, 1.82) is 0 Å². The SMILES string of the molecule is CC1=Nc2ccccc2C1.Cc1nc2ncccc2[nH]1. The van der Waals surface area contributed by atoms with E-state index < -0.39 is 0 Å². The molecule has 0 unspecified atom stereocenters. The van der Waals surface area contributed by atoms with Crippen LogP contribution in [0.2, 0.25) is 0 Å². The summed E-state index contributed by atoms with van der Waals surface area (Å²) in [4.78, 5) is 15.7. The summed E-state index contributed by atoms with van der Waals surface area (Å²) in [5, 5.41) is 0. The van der Waals surface area contributed by atoms with Crippen molar-refractivity contribution in [1.82, 2.24) is 15.0 Å². The van der Waals surface area contributed by atoms with Crippen molar-refractivity contribution in [3.05, 3.63) is 54.0 Å². The van der Waals surface area contributed by atoms with E-state index in [1.807, 2.05) is 25.1 Å². The quantitative estimate of drug-likeness (QED) is 0.674. The molecular formula is C16H16N4. The minimum absolute atomic E-state index is 0.792. The minimum atomic E-state index is 0.792. The first-order valence-corrected chi connectivity index (χ1v) is 6.62. The van der Waals surface area contributed by atoms with Crippen LogP contribution in [0.3, 0.4) is 0 Å². The fourth-order valence-electron chi connectivity index (χ4n) is 2.26. The summed E-state index contributed by atoms with van der Waals surface area (Å²) in [7, 11) is 0. The van der Waals surface area contributed by atoms with E-state index in [1.165, 1.54) is 11.3 Å². The highest BCUT2D eigenvalue weighted by atomic mass is 15.0. The summed E-state index contributed by atoms with van der Waals surface area (Å²) in [6, 6.07) is 12.1. The number of pyridine rings is 1. The number of nitrogens with zero attached hydrogens (tertiary/aromatic N) is 3. The van der Waals surface area contributed by atoms with Gasteiger partial charge in [0.05, 0.1) is 11.2 Å². The molecule has 1 aromatic carbocycles. The summed E-state index contributed by atoms with van der Waals surface area (Å²) in [5.74, 6) is 0.911. The minimum Gasteiger partial charge on any atom is -0.341 e. The highest BCUT2D eigenvalue weighted by Gasteiger charge is 2.08. The third-order valence-corrected chi connectivity index (χ3v) is 3.13. The topological polar surface area (TPSA) is 53.9 Å². The van der Waals surface area contributed by atoms with Gasteiger partial charge >= 0.3 is 0 Å². The molecule has 1 N–H and O–H groups in total. The highest BCUT2D eigenvalue weighted by molar-refractivity contribution is 5.91. The van der Waals surface area contributed by atoms with Crippen LogP contribution in [-0.4, -0.2) is 20.7 Å². The van der Waals surface area contributed by atoms with Crippen LogP contribution in [0.5, 0.6) is 0 Å². The van der Waals surface area contributed by atoms with Crippen LogP contribution >= 0.6 is 0 Å². The molecular weight excluding hydrogens is 248 g/mol. The second kappa shape index (κ2) is 5.25. The van der Waals surface area contributed by atoms with Gasteiger partial charge in [0.2, 0.25) is 0 Å². The molecule has 0 fully saturated rings. The van der Waals surface area contributed by atoms with E-state index >= 15 is 0 Å². The first-order chi connectivity index (χ1) is 9.72. The lowest BCUT2D eigenvalue weighted by molar-refractivity contribution is 1.16. The lowest BCUT2D eigenvalue weighted by Crippen LogP contribution is -1.87. The predicted octanol–water partition coefficient (Wildman–Crippen LogP) is 3.60. The molecule has 4 rings (SSSR count). The molecule has 0 saturated carbocycles. The number of imidazole rings is 1. The number of aromatic amines is 1. The average molecular weight is 264 g/mol. The van der Waals surface area contributed by atoms with E-state index in [0.29, 0.717) is 0 Å². The van der Waals surface area contributed by atoms with E-state index in [9.17, 15) is 0 Å². The molecule has 3 aromatic rings. The maximum absolute atomic E-state index is 4.37. The largest absolute Gasteiger partial charge is 0.341 e. The van der Waals surface area contributed by atoms with Crippen molar-refractivity contribution in [2.75, 3.05) is 0 Å². The van der Waals surface area contributed by atoms with Gasteiger partial charge in [-0.15, -0.1) is 0 Å². The number of H-pyrrole nitrogens is 1. The Morgan fingerprint density at radius 2 is 1.90 bits per heavy atom. The zero-order chi connectivity index (χ0) is 13.9. The van der Waals surface area contributed by atoms with Crippen LogP contribution in [0.25, 0.3) is 11.2 Å². The first-order valence-electron chi connectivity index (χ1n) is 6.62. The summed E-state index contributed by atoms with van der Waals surface area (Å²) >= 11 is 0. The van der Waals surface area contributed by atoms with Crippen molar-refractivity contribution >= 4 is 22.6 Å². The Hall–Kier alpha value is -2.49.